The maximum Gasteiger partial charge on any atom is 0.226 e. The van der Waals surface area contributed by atoms with Crippen molar-refractivity contribution >= 4 is 16.9 Å². The van der Waals surface area contributed by atoms with Gasteiger partial charge in [0.05, 0.1) is 17.0 Å². The Balaban J connectivity index is 1.49. The molecule has 2 fully saturated rings. The van der Waals surface area contributed by atoms with Crippen molar-refractivity contribution in [1.29, 1.82) is 0 Å². The zero-order valence-corrected chi connectivity index (χ0v) is 15.3. The highest BCUT2D eigenvalue weighted by Gasteiger charge is 2.32. The lowest BCUT2D eigenvalue weighted by Crippen LogP contribution is -2.46. The van der Waals surface area contributed by atoms with Crippen molar-refractivity contribution < 1.29 is 4.79 Å². The highest BCUT2D eigenvalue weighted by atomic mass is 16.2. The minimum Gasteiger partial charge on any atom is -0.342 e. The number of aromatic amines is 1. The van der Waals surface area contributed by atoms with Gasteiger partial charge in [0.2, 0.25) is 5.91 Å². The fourth-order valence-electron chi connectivity index (χ4n) is 4.36. The molecule has 1 aromatic heterocycles. The normalized spacial score (nSPS) is 25.4. The molecule has 3 heterocycles. The average molecular weight is 340 g/mol. The second-order valence-corrected chi connectivity index (χ2v) is 7.87. The lowest BCUT2D eigenvalue weighted by molar-refractivity contribution is -0.138. The molecule has 2 aliphatic heterocycles. The van der Waals surface area contributed by atoms with Crippen LogP contribution in [-0.2, 0) is 4.79 Å². The largest absolute Gasteiger partial charge is 0.342 e. The number of nitrogens with one attached hydrogen (secondary N) is 1. The van der Waals surface area contributed by atoms with Gasteiger partial charge in [-0.05, 0) is 63.9 Å². The van der Waals surface area contributed by atoms with Crippen molar-refractivity contribution in [3.8, 4) is 0 Å². The van der Waals surface area contributed by atoms with E-state index >= 15 is 0 Å². The van der Waals surface area contributed by atoms with Crippen molar-refractivity contribution in [2.24, 2.45) is 5.92 Å². The van der Waals surface area contributed by atoms with E-state index in [0.717, 1.165) is 68.7 Å². The number of aromatic nitrogens is 2. The summed E-state index contributed by atoms with van der Waals surface area (Å²) in [5.41, 5.74) is 3.37. The SMILES string of the molecule is Cc1ccc2nc([C@H]3CCCN(C(=O)[C@@H]4CCCN(C)C4)C3)[nH]c2c1. The summed E-state index contributed by atoms with van der Waals surface area (Å²) < 4.78 is 0. The van der Waals surface area contributed by atoms with Gasteiger partial charge in [0.25, 0.3) is 0 Å². The summed E-state index contributed by atoms with van der Waals surface area (Å²) in [6, 6.07) is 6.33. The predicted octanol–water partition coefficient (Wildman–Crippen LogP) is 2.92. The molecule has 0 unspecified atom stereocenters. The first-order valence-electron chi connectivity index (χ1n) is 9.54. The van der Waals surface area contributed by atoms with Crippen LogP contribution in [0, 0.1) is 12.8 Å². The van der Waals surface area contributed by atoms with Crippen LogP contribution in [0.4, 0.5) is 0 Å². The van der Waals surface area contributed by atoms with Crippen LogP contribution in [0.3, 0.4) is 0 Å². The zero-order chi connectivity index (χ0) is 17.4. The first-order valence-corrected chi connectivity index (χ1v) is 9.54. The minimum absolute atomic E-state index is 0.177. The molecule has 1 N–H and O–H groups in total. The molecule has 2 saturated heterocycles. The molecule has 4 rings (SSSR count). The van der Waals surface area contributed by atoms with E-state index in [1.807, 2.05) is 0 Å². The standard InChI is InChI=1S/C20H28N4O/c1-14-7-8-17-18(11-14)22-19(21-17)15-5-4-10-24(13-15)20(25)16-6-3-9-23(2)12-16/h7-8,11,15-16H,3-6,9-10,12-13H2,1-2H3,(H,21,22)/t15-,16+/m0/s1. The molecular weight excluding hydrogens is 312 g/mol. The van der Waals surface area contributed by atoms with E-state index in [1.54, 1.807) is 0 Å². The Hall–Kier alpha value is -1.88. The number of hydrogen-bond acceptors (Lipinski definition) is 3. The van der Waals surface area contributed by atoms with Gasteiger partial charge < -0.3 is 14.8 Å². The van der Waals surface area contributed by atoms with Gasteiger partial charge in [-0.2, -0.15) is 0 Å². The Labute approximate surface area is 149 Å². The number of carbonyl (C=O) groups is 1. The summed E-state index contributed by atoms with van der Waals surface area (Å²) in [5.74, 6) is 1.89. The van der Waals surface area contributed by atoms with Crippen LogP contribution in [0.1, 0.15) is 43.0 Å². The monoisotopic (exact) mass is 340 g/mol. The van der Waals surface area contributed by atoms with Crippen LogP contribution >= 0.6 is 0 Å². The molecule has 0 saturated carbocycles. The van der Waals surface area contributed by atoms with E-state index in [2.05, 4.69) is 47.0 Å². The van der Waals surface area contributed by atoms with Crippen molar-refractivity contribution in [2.45, 2.75) is 38.5 Å². The fraction of sp³-hybridized carbons (Fsp3) is 0.600. The number of H-pyrrole nitrogens is 1. The minimum atomic E-state index is 0.177. The van der Waals surface area contributed by atoms with Crippen LogP contribution in [0.15, 0.2) is 18.2 Å². The lowest BCUT2D eigenvalue weighted by atomic mass is 9.93. The Morgan fingerprint density at radius 1 is 1.20 bits per heavy atom. The highest BCUT2D eigenvalue weighted by Crippen LogP contribution is 2.29. The van der Waals surface area contributed by atoms with Gasteiger partial charge in [0, 0.05) is 25.6 Å². The summed E-state index contributed by atoms with van der Waals surface area (Å²) in [5, 5.41) is 0. The Morgan fingerprint density at radius 2 is 2.04 bits per heavy atom. The van der Waals surface area contributed by atoms with Crippen LogP contribution in [-0.4, -0.2) is 58.9 Å². The molecule has 0 aliphatic carbocycles. The van der Waals surface area contributed by atoms with Gasteiger partial charge in [-0.3, -0.25) is 4.79 Å². The second-order valence-electron chi connectivity index (χ2n) is 7.87. The first-order chi connectivity index (χ1) is 12.1. The molecule has 5 heteroatoms. The summed E-state index contributed by atoms with van der Waals surface area (Å²) >= 11 is 0. The molecule has 2 aliphatic rings. The number of aryl methyl sites for hydroxylation is 1. The van der Waals surface area contributed by atoms with E-state index in [9.17, 15) is 4.79 Å². The van der Waals surface area contributed by atoms with E-state index in [1.165, 1.54) is 5.56 Å². The van der Waals surface area contributed by atoms with Gasteiger partial charge >= 0.3 is 0 Å². The molecule has 2 atom stereocenters. The van der Waals surface area contributed by atoms with Gasteiger partial charge in [-0.1, -0.05) is 6.07 Å². The number of likely N-dealkylation sites (tertiary alicyclic amines) is 2. The maximum atomic E-state index is 13.0. The number of nitrogens with zero attached hydrogens (tertiary/aromatic N) is 3. The van der Waals surface area contributed by atoms with Crippen LogP contribution in [0.5, 0.6) is 0 Å². The van der Waals surface area contributed by atoms with Gasteiger partial charge in [0.1, 0.15) is 5.82 Å². The molecular formula is C20H28N4O. The average Bonchev–Trinajstić information content (AvgIpc) is 3.04. The van der Waals surface area contributed by atoms with Gasteiger partial charge in [-0.25, -0.2) is 4.98 Å². The van der Waals surface area contributed by atoms with Gasteiger partial charge in [-0.15, -0.1) is 0 Å². The number of piperidine rings is 2. The summed E-state index contributed by atoms with van der Waals surface area (Å²) in [6.07, 6.45) is 4.34. The third-order valence-corrected chi connectivity index (χ3v) is 5.75. The number of fused-ring (bicyclic) bond motifs is 1. The van der Waals surface area contributed by atoms with Crippen LogP contribution < -0.4 is 0 Å². The predicted molar refractivity (Wildman–Crippen MR) is 99.6 cm³/mol. The van der Waals surface area contributed by atoms with Crippen LogP contribution in [0.25, 0.3) is 11.0 Å². The van der Waals surface area contributed by atoms with Crippen molar-refractivity contribution in [3.63, 3.8) is 0 Å². The quantitative estimate of drug-likeness (QED) is 0.914. The molecule has 25 heavy (non-hydrogen) atoms. The Kier molecular flexibility index (Phi) is 4.50. The molecule has 134 valence electrons. The number of hydrogen-bond donors (Lipinski definition) is 1. The number of amides is 1. The first kappa shape index (κ1) is 16.6. The summed E-state index contributed by atoms with van der Waals surface area (Å²) in [7, 11) is 2.12. The molecule has 5 nitrogen and oxygen atoms in total. The smallest absolute Gasteiger partial charge is 0.226 e. The number of imidazole rings is 1. The number of rotatable bonds is 2. The lowest BCUT2D eigenvalue weighted by Gasteiger charge is -2.37. The molecule has 0 radical (unpaired) electrons. The van der Waals surface area contributed by atoms with Gasteiger partial charge in [0.15, 0.2) is 0 Å². The summed E-state index contributed by atoms with van der Waals surface area (Å²) in [6.45, 7) is 5.82. The molecule has 1 amide bonds. The Morgan fingerprint density at radius 3 is 2.88 bits per heavy atom. The fourth-order valence-corrected chi connectivity index (χ4v) is 4.36. The van der Waals surface area contributed by atoms with Crippen molar-refractivity contribution in [3.05, 3.63) is 29.6 Å². The van der Waals surface area contributed by atoms with Crippen molar-refractivity contribution in [2.75, 3.05) is 33.2 Å². The maximum absolute atomic E-state index is 13.0. The Bertz CT molecular complexity index is 768. The van der Waals surface area contributed by atoms with E-state index in [0.29, 0.717) is 11.8 Å². The molecule has 2 aromatic rings. The van der Waals surface area contributed by atoms with Crippen molar-refractivity contribution in [1.82, 2.24) is 19.8 Å². The second kappa shape index (κ2) is 6.79. The topological polar surface area (TPSA) is 52.2 Å². The van der Waals surface area contributed by atoms with E-state index in [-0.39, 0.29) is 5.92 Å². The zero-order valence-electron chi connectivity index (χ0n) is 15.3. The molecule has 0 bridgehead atoms. The number of benzene rings is 1. The third kappa shape index (κ3) is 3.43. The van der Waals surface area contributed by atoms with Crippen LogP contribution in [0.2, 0.25) is 0 Å². The third-order valence-electron chi connectivity index (χ3n) is 5.75. The molecule has 0 spiro atoms. The van der Waals surface area contributed by atoms with E-state index < -0.39 is 0 Å². The highest BCUT2D eigenvalue weighted by molar-refractivity contribution is 5.79. The molecule has 1 aromatic carbocycles. The summed E-state index contributed by atoms with van der Waals surface area (Å²) in [4.78, 5) is 25.6. The van der Waals surface area contributed by atoms with E-state index in [4.69, 9.17) is 4.98 Å². The number of carbonyl (C=O) groups excluding carboxylic acids is 1.